The first-order valence-electron chi connectivity index (χ1n) is 6.92. The molecule has 0 unspecified atom stereocenters. The minimum Gasteiger partial charge on any atom is -0.341 e. The molecule has 0 aliphatic rings. The summed E-state index contributed by atoms with van der Waals surface area (Å²) in [7, 11) is 0. The van der Waals surface area contributed by atoms with Crippen LogP contribution in [-0.2, 0) is 13.1 Å². The van der Waals surface area contributed by atoms with Gasteiger partial charge in [-0.3, -0.25) is 0 Å². The predicted molar refractivity (Wildman–Crippen MR) is 85.1 cm³/mol. The Bertz CT molecular complexity index is 683. The monoisotopic (exact) mass is 285 g/mol. The van der Waals surface area contributed by atoms with E-state index in [4.69, 9.17) is 0 Å². The van der Waals surface area contributed by atoms with E-state index in [1.165, 1.54) is 16.5 Å². The fraction of sp³-hybridized carbons (Fsp3) is 0.312. The highest BCUT2D eigenvalue weighted by Crippen LogP contribution is 2.22. The van der Waals surface area contributed by atoms with Gasteiger partial charge in [-0.05, 0) is 17.7 Å². The van der Waals surface area contributed by atoms with Gasteiger partial charge in [0.25, 0.3) is 0 Å². The van der Waals surface area contributed by atoms with Crippen molar-refractivity contribution in [1.82, 2.24) is 14.9 Å². The van der Waals surface area contributed by atoms with Gasteiger partial charge in [0, 0.05) is 41.3 Å². The highest BCUT2D eigenvalue weighted by Gasteiger charge is 2.07. The Balaban J connectivity index is 1.90. The van der Waals surface area contributed by atoms with Crippen LogP contribution in [0.5, 0.6) is 0 Å². The molecule has 104 valence electrons. The molecule has 4 heteroatoms. The molecule has 0 saturated carbocycles. The van der Waals surface area contributed by atoms with Gasteiger partial charge in [0.2, 0.25) is 0 Å². The van der Waals surface area contributed by atoms with Crippen LogP contribution >= 0.6 is 11.3 Å². The average molecular weight is 285 g/mol. The van der Waals surface area contributed by atoms with Crippen molar-refractivity contribution >= 4 is 22.2 Å². The first-order valence-corrected chi connectivity index (χ1v) is 7.80. The van der Waals surface area contributed by atoms with E-state index in [2.05, 4.69) is 59.2 Å². The third kappa shape index (κ3) is 2.76. The topological polar surface area (TPSA) is 29.9 Å². The Kier molecular flexibility index (Phi) is 3.85. The molecule has 2 aromatic heterocycles. The van der Waals surface area contributed by atoms with Crippen molar-refractivity contribution in [1.29, 1.82) is 0 Å². The fourth-order valence-electron chi connectivity index (χ4n) is 2.37. The molecule has 3 aromatic rings. The molecule has 3 nitrogen and oxygen atoms in total. The maximum Gasteiger partial charge on any atom is 0.112 e. The number of fused-ring (bicyclic) bond motifs is 1. The SMILES string of the molecule is CC(C)NCc1cccc2c1ccn2Cc1nccs1. The van der Waals surface area contributed by atoms with Gasteiger partial charge in [-0.1, -0.05) is 26.0 Å². The summed E-state index contributed by atoms with van der Waals surface area (Å²) in [6.07, 6.45) is 4.02. The minimum absolute atomic E-state index is 0.502. The summed E-state index contributed by atoms with van der Waals surface area (Å²) in [6.45, 7) is 6.11. The van der Waals surface area contributed by atoms with E-state index in [-0.39, 0.29) is 0 Å². The number of nitrogens with zero attached hydrogens (tertiary/aromatic N) is 2. The summed E-state index contributed by atoms with van der Waals surface area (Å²) in [4.78, 5) is 4.37. The van der Waals surface area contributed by atoms with E-state index < -0.39 is 0 Å². The van der Waals surface area contributed by atoms with Crippen LogP contribution in [0.2, 0.25) is 0 Å². The van der Waals surface area contributed by atoms with E-state index in [1.54, 1.807) is 11.3 Å². The number of hydrogen-bond acceptors (Lipinski definition) is 3. The molecule has 1 aromatic carbocycles. The summed E-state index contributed by atoms with van der Waals surface area (Å²) in [5.74, 6) is 0. The third-order valence-corrected chi connectivity index (χ3v) is 4.16. The Morgan fingerprint density at radius 3 is 2.95 bits per heavy atom. The average Bonchev–Trinajstić information content (AvgIpc) is 3.07. The minimum atomic E-state index is 0.502. The summed E-state index contributed by atoms with van der Waals surface area (Å²) in [5, 5.41) is 7.99. The standard InChI is InChI=1S/C16H19N3S/c1-12(2)18-10-13-4-3-5-15-14(13)6-8-19(15)11-16-17-7-9-20-16/h3-9,12,18H,10-11H2,1-2H3. The van der Waals surface area contributed by atoms with Crippen molar-refractivity contribution in [2.75, 3.05) is 0 Å². The molecular formula is C16H19N3S. The van der Waals surface area contributed by atoms with Crippen LogP contribution in [0, 0.1) is 0 Å². The van der Waals surface area contributed by atoms with Crippen molar-refractivity contribution in [3.05, 3.63) is 52.6 Å². The van der Waals surface area contributed by atoms with E-state index in [9.17, 15) is 0 Å². The molecular weight excluding hydrogens is 266 g/mol. The molecule has 20 heavy (non-hydrogen) atoms. The van der Waals surface area contributed by atoms with Crippen molar-refractivity contribution in [2.24, 2.45) is 0 Å². The normalized spacial score (nSPS) is 11.6. The molecule has 0 fully saturated rings. The molecule has 0 amide bonds. The zero-order valence-electron chi connectivity index (χ0n) is 11.8. The van der Waals surface area contributed by atoms with Gasteiger partial charge in [-0.15, -0.1) is 11.3 Å². The van der Waals surface area contributed by atoms with Crippen molar-refractivity contribution < 1.29 is 0 Å². The van der Waals surface area contributed by atoms with E-state index in [1.807, 2.05) is 11.6 Å². The van der Waals surface area contributed by atoms with Crippen molar-refractivity contribution in [3.63, 3.8) is 0 Å². The Labute approximate surface area is 123 Å². The predicted octanol–water partition coefficient (Wildman–Crippen LogP) is 3.64. The van der Waals surface area contributed by atoms with E-state index in [0.29, 0.717) is 6.04 Å². The number of benzene rings is 1. The van der Waals surface area contributed by atoms with E-state index >= 15 is 0 Å². The van der Waals surface area contributed by atoms with Crippen molar-refractivity contribution in [2.45, 2.75) is 33.0 Å². The third-order valence-electron chi connectivity index (χ3n) is 3.39. The van der Waals surface area contributed by atoms with Crippen LogP contribution < -0.4 is 5.32 Å². The zero-order valence-corrected chi connectivity index (χ0v) is 12.7. The van der Waals surface area contributed by atoms with Gasteiger partial charge in [0.15, 0.2) is 0 Å². The lowest BCUT2D eigenvalue weighted by Crippen LogP contribution is -2.21. The number of hydrogen-bond donors (Lipinski definition) is 1. The van der Waals surface area contributed by atoms with Crippen molar-refractivity contribution in [3.8, 4) is 0 Å². The molecule has 0 aliphatic heterocycles. The van der Waals surface area contributed by atoms with E-state index in [0.717, 1.165) is 18.1 Å². The van der Waals surface area contributed by atoms with Gasteiger partial charge in [-0.2, -0.15) is 0 Å². The van der Waals surface area contributed by atoms with Gasteiger partial charge in [-0.25, -0.2) is 4.98 Å². The number of rotatable bonds is 5. The number of nitrogens with one attached hydrogen (secondary N) is 1. The van der Waals surface area contributed by atoms with Crippen LogP contribution in [0.25, 0.3) is 10.9 Å². The van der Waals surface area contributed by atoms with Crippen LogP contribution in [0.15, 0.2) is 42.0 Å². The summed E-state index contributed by atoms with van der Waals surface area (Å²) in [5.41, 5.74) is 2.64. The van der Waals surface area contributed by atoms with Gasteiger partial charge < -0.3 is 9.88 Å². The van der Waals surface area contributed by atoms with Crippen LogP contribution in [0.4, 0.5) is 0 Å². The van der Waals surface area contributed by atoms with Gasteiger partial charge >= 0.3 is 0 Å². The second-order valence-corrected chi connectivity index (χ2v) is 6.23. The molecule has 0 bridgehead atoms. The number of thiazole rings is 1. The largest absolute Gasteiger partial charge is 0.341 e. The maximum atomic E-state index is 4.37. The summed E-state index contributed by atoms with van der Waals surface area (Å²) in [6, 6.07) is 9.23. The lowest BCUT2D eigenvalue weighted by Gasteiger charge is -2.10. The molecule has 3 rings (SSSR count). The second kappa shape index (κ2) is 5.77. The maximum absolute atomic E-state index is 4.37. The molecule has 0 spiro atoms. The summed E-state index contributed by atoms with van der Waals surface area (Å²) >= 11 is 1.70. The van der Waals surface area contributed by atoms with Crippen LogP contribution in [0.3, 0.4) is 0 Å². The molecule has 0 aliphatic carbocycles. The highest BCUT2D eigenvalue weighted by atomic mass is 32.1. The second-order valence-electron chi connectivity index (χ2n) is 5.26. The van der Waals surface area contributed by atoms with Crippen LogP contribution in [0.1, 0.15) is 24.4 Å². The molecule has 0 radical (unpaired) electrons. The molecule has 0 saturated heterocycles. The first kappa shape index (κ1) is 13.3. The zero-order chi connectivity index (χ0) is 13.9. The Morgan fingerprint density at radius 1 is 1.30 bits per heavy atom. The van der Waals surface area contributed by atoms with Gasteiger partial charge in [0.1, 0.15) is 5.01 Å². The molecule has 0 atom stereocenters. The first-order chi connectivity index (χ1) is 9.74. The lowest BCUT2D eigenvalue weighted by molar-refractivity contribution is 0.590. The smallest absolute Gasteiger partial charge is 0.112 e. The number of aromatic nitrogens is 2. The highest BCUT2D eigenvalue weighted by molar-refractivity contribution is 7.09. The van der Waals surface area contributed by atoms with Gasteiger partial charge in [0.05, 0.1) is 6.54 Å². The summed E-state index contributed by atoms with van der Waals surface area (Å²) < 4.78 is 2.27. The quantitative estimate of drug-likeness (QED) is 0.775. The van der Waals surface area contributed by atoms with Crippen LogP contribution in [-0.4, -0.2) is 15.6 Å². The Hall–Kier alpha value is -1.65. The fourth-order valence-corrected chi connectivity index (χ4v) is 2.98. The lowest BCUT2D eigenvalue weighted by atomic mass is 10.1. The molecule has 2 heterocycles. The molecule has 1 N–H and O–H groups in total. The Morgan fingerprint density at radius 2 is 2.20 bits per heavy atom.